The highest BCUT2D eigenvalue weighted by molar-refractivity contribution is 7.12. The highest BCUT2D eigenvalue weighted by Crippen LogP contribution is 2.22. The average molecular weight is 225 g/mol. The van der Waals surface area contributed by atoms with E-state index in [-0.39, 0.29) is 0 Å². The van der Waals surface area contributed by atoms with Gasteiger partial charge in [-0.15, -0.1) is 11.3 Å². The maximum atomic E-state index is 3.45. The van der Waals surface area contributed by atoms with Gasteiger partial charge < -0.3 is 5.32 Å². The molecule has 1 aromatic rings. The van der Waals surface area contributed by atoms with Gasteiger partial charge >= 0.3 is 0 Å². The van der Waals surface area contributed by atoms with Crippen LogP contribution in [0.4, 0.5) is 0 Å². The van der Waals surface area contributed by atoms with E-state index in [1.165, 1.54) is 29.7 Å². The standard InChI is InChI=1S/C13H23NS/c1-10(2)14-8-6-5-7-13-11(3)9-12(4)15-13/h9-10,14H,5-8H2,1-4H3. The number of hydrogen-bond acceptors (Lipinski definition) is 2. The van der Waals surface area contributed by atoms with Crippen LogP contribution in [0.1, 0.15) is 42.0 Å². The van der Waals surface area contributed by atoms with E-state index in [2.05, 4.69) is 39.1 Å². The van der Waals surface area contributed by atoms with Crippen LogP contribution in [0.15, 0.2) is 6.07 Å². The molecule has 0 aromatic carbocycles. The molecule has 0 radical (unpaired) electrons. The summed E-state index contributed by atoms with van der Waals surface area (Å²) in [6.07, 6.45) is 3.85. The second kappa shape index (κ2) is 6.29. The van der Waals surface area contributed by atoms with E-state index in [0.717, 1.165) is 6.54 Å². The fraction of sp³-hybridized carbons (Fsp3) is 0.692. The molecule has 0 fully saturated rings. The van der Waals surface area contributed by atoms with Crippen LogP contribution in [-0.2, 0) is 6.42 Å². The largest absolute Gasteiger partial charge is 0.315 e. The maximum Gasteiger partial charge on any atom is 0.00772 e. The van der Waals surface area contributed by atoms with Crippen LogP contribution in [0.25, 0.3) is 0 Å². The molecule has 0 atom stereocenters. The van der Waals surface area contributed by atoms with Gasteiger partial charge in [-0.1, -0.05) is 13.8 Å². The van der Waals surface area contributed by atoms with Crippen LogP contribution in [0.5, 0.6) is 0 Å². The van der Waals surface area contributed by atoms with Crippen LogP contribution in [0, 0.1) is 13.8 Å². The molecular weight excluding hydrogens is 202 g/mol. The normalized spacial score (nSPS) is 11.3. The zero-order chi connectivity index (χ0) is 11.3. The third-order valence-electron chi connectivity index (χ3n) is 2.53. The number of unbranched alkanes of at least 4 members (excludes halogenated alkanes) is 1. The van der Waals surface area contributed by atoms with Crippen LogP contribution < -0.4 is 5.32 Å². The minimum absolute atomic E-state index is 0.621. The average Bonchev–Trinajstić information content (AvgIpc) is 2.44. The van der Waals surface area contributed by atoms with E-state index in [1.54, 1.807) is 4.88 Å². The van der Waals surface area contributed by atoms with Gasteiger partial charge in [-0.05, 0) is 51.3 Å². The fourth-order valence-corrected chi connectivity index (χ4v) is 2.83. The summed E-state index contributed by atoms with van der Waals surface area (Å²) in [5.41, 5.74) is 1.48. The van der Waals surface area contributed by atoms with Crippen molar-refractivity contribution in [2.75, 3.05) is 6.54 Å². The number of nitrogens with one attached hydrogen (secondary N) is 1. The summed E-state index contributed by atoms with van der Waals surface area (Å²) in [7, 11) is 0. The molecule has 1 heterocycles. The predicted octanol–water partition coefficient (Wildman–Crippen LogP) is 3.69. The first-order chi connectivity index (χ1) is 7.09. The van der Waals surface area contributed by atoms with Crippen molar-refractivity contribution in [2.45, 2.75) is 53.0 Å². The van der Waals surface area contributed by atoms with E-state index in [4.69, 9.17) is 0 Å². The topological polar surface area (TPSA) is 12.0 Å². The van der Waals surface area contributed by atoms with E-state index >= 15 is 0 Å². The van der Waals surface area contributed by atoms with Crippen LogP contribution in [0.2, 0.25) is 0 Å². The van der Waals surface area contributed by atoms with Gasteiger partial charge in [-0.25, -0.2) is 0 Å². The Morgan fingerprint density at radius 3 is 2.53 bits per heavy atom. The zero-order valence-electron chi connectivity index (χ0n) is 10.4. The van der Waals surface area contributed by atoms with Crippen molar-refractivity contribution in [1.29, 1.82) is 0 Å². The first kappa shape index (κ1) is 12.7. The van der Waals surface area contributed by atoms with Crippen LogP contribution in [0.3, 0.4) is 0 Å². The zero-order valence-corrected chi connectivity index (χ0v) is 11.2. The lowest BCUT2D eigenvalue weighted by molar-refractivity contribution is 0.558. The van der Waals surface area contributed by atoms with Gasteiger partial charge in [-0.3, -0.25) is 0 Å². The Balaban J connectivity index is 2.17. The van der Waals surface area contributed by atoms with E-state index in [9.17, 15) is 0 Å². The summed E-state index contributed by atoms with van der Waals surface area (Å²) in [6, 6.07) is 2.92. The first-order valence-corrected chi connectivity index (χ1v) is 6.70. The number of thiophene rings is 1. The minimum Gasteiger partial charge on any atom is -0.315 e. The molecule has 1 aromatic heterocycles. The van der Waals surface area contributed by atoms with Crippen molar-refractivity contribution in [3.63, 3.8) is 0 Å². The number of hydrogen-bond donors (Lipinski definition) is 1. The second-order valence-electron chi connectivity index (χ2n) is 4.53. The van der Waals surface area contributed by atoms with Gasteiger partial charge in [0.2, 0.25) is 0 Å². The van der Waals surface area contributed by atoms with Crippen molar-refractivity contribution < 1.29 is 0 Å². The molecule has 0 aliphatic rings. The SMILES string of the molecule is Cc1cc(C)c(CCCCNC(C)C)s1. The maximum absolute atomic E-state index is 3.45. The number of rotatable bonds is 6. The van der Waals surface area contributed by atoms with Gasteiger partial charge in [0.1, 0.15) is 0 Å². The lowest BCUT2D eigenvalue weighted by atomic mass is 10.1. The van der Waals surface area contributed by atoms with Crippen LogP contribution >= 0.6 is 11.3 Å². The fourth-order valence-electron chi connectivity index (χ4n) is 1.74. The van der Waals surface area contributed by atoms with Crippen molar-refractivity contribution in [3.8, 4) is 0 Å². The summed E-state index contributed by atoms with van der Waals surface area (Å²) < 4.78 is 0. The summed E-state index contributed by atoms with van der Waals surface area (Å²) in [6.45, 7) is 9.98. The second-order valence-corrected chi connectivity index (χ2v) is 5.87. The first-order valence-electron chi connectivity index (χ1n) is 5.89. The molecule has 0 amide bonds. The monoisotopic (exact) mass is 225 g/mol. The van der Waals surface area contributed by atoms with E-state index in [1.807, 2.05) is 11.3 Å². The quantitative estimate of drug-likeness (QED) is 0.728. The third-order valence-corrected chi connectivity index (χ3v) is 3.74. The van der Waals surface area contributed by atoms with Crippen molar-refractivity contribution >= 4 is 11.3 Å². The predicted molar refractivity (Wildman–Crippen MR) is 69.9 cm³/mol. The van der Waals surface area contributed by atoms with Gasteiger partial charge in [0.15, 0.2) is 0 Å². The summed E-state index contributed by atoms with van der Waals surface area (Å²) >= 11 is 1.96. The molecular formula is C13H23NS. The summed E-state index contributed by atoms with van der Waals surface area (Å²) in [4.78, 5) is 3.03. The molecule has 0 unspecified atom stereocenters. The lowest BCUT2D eigenvalue weighted by Gasteiger charge is -2.07. The molecule has 0 aliphatic heterocycles. The molecule has 15 heavy (non-hydrogen) atoms. The molecule has 1 N–H and O–H groups in total. The molecule has 0 saturated heterocycles. The highest BCUT2D eigenvalue weighted by atomic mass is 32.1. The van der Waals surface area contributed by atoms with Crippen LogP contribution in [-0.4, -0.2) is 12.6 Å². The van der Waals surface area contributed by atoms with Gasteiger partial charge in [0, 0.05) is 15.8 Å². The lowest BCUT2D eigenvalue weighted by Crippen LogP contribution is -2.23. The van der Waals surface area contributed by atoms with Gasteiger partial charge in [0.05, 0.1) is 0 Å². The molecule has 0 aliphatic carbocycles. The third kappa shape index (κ3) is 4.80. The Morgan fingerprint density at radius 1 is 1.27 bits per heavy atom. The summed E-state index contributed by atoms with van der Waals surface area (Å²) in [5.74, 6) is 0. The minimum atomic E-state index is 0.621. The molecule has 86 valence electrons. The van der Waals surface area contributed by atoms with E-state index < -0.39 is 0 Å². The Bertz CT molecular complexity index is 289. The smallest absolute Gasteiger partial charge is 0.00772 e. The highest BCUT2D eigenvalue weighted by Gasteiger charge is 2.02. The van der Waals surface area contributed by atoms with Crippen molar-refractivity contribution in [1.82, 2.24) is 5.32 Å². The Kier molecular flexibility index (Phi) is 5.34. The molecule has 0 saturated carbocycles. The van der Waals surface area contributed by atoms with Gasteiger partial charge in [-0.2, -0.15) is 0 Å². The molecule has 1 nitrogen and oxygen atoms in total. The van der Waals surface area contributed by atoms with E-state index in [0.29, 0.717) is 6.04 Å². The Morgan fingerprint density at radius 2 is 2.00 bits per heavy atom. The molecule has 0 spiro atoms. The van der Waals surface area contributed by atoms with Gasteiger partial charge in [0.25, 0.3) is 0 Å². The Labute approximate surface area is 97.9 Å². The number of aryl methyl sites for hydroxylation is 3. The molecule has 1 rings (SSSR count). The van der Waals surface area contributed by atoms with Crippen molar-refractivity contribution in [2.24, 2.45) is 0 Å². The molecule has 2 heteroatoms. The summed E-state index contributed by atoms with van der Waals surface area (Å²) in [5, 5.41) is 3.45. The Hall–Kier alpha value is -0.340. The molecule has 0 bridgehead atoms. The van der Waals surface area contributed by atoms with Crippen molar-refractivity contribution in [3.05, 3.63) is 21.4 Å².